The van der Waals surface area contributed by atoms with Gasteiger partial charge in [0.25, 0.3) is 11.8 Å². The molecule has 1 N–H and O–H groups in total. The van der Waals surface area contributed by atoms with Gasteiger partial charge in [0.05, 0.1) is 11.6 Å². The van der Waals surface area contributed by atoms with E-state index in [1.807, 2.05) is 12.1 Å². The molecule has 1 aliphatic carbocycles. The number of halogens is 2. The Morgan fingerprint density at radius 2 is 1.97 bits per heavy atom. The van der Waals surface area contributed by atoms with E-state index in [0.717, 1.165) is 25.7 Å². The SMILES string of the molecule is O=C(NC1CC1)c1cccc(OCC2CCCN(C(=O)c3ccc(F)c(Cl)c3)C2)c1. The maximum Gasteiger partial charge on any atom is 0.253 e. The molecule has 1 saturated carbocycles. The van der Waals surface area contributed by atoms with Gasteiger partial charge in [0.2, 0.25) is 0 Å². The molecule has 1 atom stereocenters. The van der Waals surface area contributed by atoms with Gasteiger partial charge in [0.15, 0.2) is 0 Å². The molecule has 1 heterocycles. The van der Waals surface area contributed by atoms with Gasteiger partial charge < -0.3 is 15.0 Å². The summed E-state index contributed by atoms with van der Waals surface area (Å²) in [6.45, 7) is 1.68. The Morgan fingerprint density at radius 1 is 1.13 bits per heavy atom. The Labute approximate surface area is 180 Å². The summed E-state index contributed by atoms with van der Waals surface area (Å²) in [6.07, 6.45) is 3.92. The van der Waals surface area contributed by atoms with Crippen molar-refractivity contribution in [3.05, 3.63) is 64.4 Å². The Bertz CT molecular complexity index is 948. The van der Waals surface area contributed by atoms with Crippen LogP contribution in [0.2, 0.25) is 5.02 Å². The molecule has 0 aromatic heterocycles. The van der Waals surface area contributed by atoms with Crippen molar-refractivity contribution in [3.8, 4) is 5.75 Å². The first-order valence-electron chi connectivity index (χ1n) is 10.3. The lowest BCUT2D eigenvalue weighted by Crippen LogP contribution is -2.41. The minimum atomic E-state index is -0.536. The quantitative estimate of drug-likeness (QED) is 0.743. The van der Waals surface area contributed by atoms with Crippen LogP contribution in [0.3, 0.4) is 0 Å². The number of likely N-dealkylation sites (tertiary alicyclic amines) is 1. The Morgan fingerprint density at radius 3 is 2.73 bits per heavy atom. The molecule has 1 unspecified atom stereocenters. The summed E-state index contributed by atoms with van der Waals surface area (Å²) in [5.41, 5.74) is 0.977. The van der Waals surface area contributed by atoms with Gasteiger partial charge in [0, 0.05) is 36.2 Å². The number of piperidine rings is 1. The fourth-order valence-electron chi connectivity index (χ4n) is 3.63. The number of hydrogen-bond acceptors (Lipinski definition) is 3. The third kappa shape index (κ3) is 5.11. The number of amides is 2. The average Bonchev–Trinajstić information content (AvgIpc) is 3.58. The highest BCUT2D eigenvalue weighted by atomic mass is 35.5. The van der Waals surface area contributed by atoms with Gasteiger partial charge in [-0.25, -0.2) is 4.39 Å². The molecule has 2 aliphatic rings. The summed E-state index contributed by atoms with van der Waals surface area (Å²) in [6, 6.07) is 11.5. The van der Waals surface area contributed by atoms with E-state index in [1.54, 1.807) is 17.0 Å². The van der Waals surface area contributed by atoms with Crippen LogP contribution >= 0.6 is 11.6 Å². The van der Waals surface area contributed by atoms with Gasteiger partial charge in [-0.15, -0.1) is 0 Å². The van der Waals surface area contributed by atoms with E-state index < -0.39 is 5.82 Å². The van der Waals surface area contributed by atoms with Gasteiger partial charge >= 0.3 is 0 Å². The minimum Gasteiger partial charge on any atom is -0.493 e. The van der Waals surface area contributed by atoms with Crippen molar-refractivity contribution in [1.29, 1.82) is 0 Å². The van der Waals surface area contributed by atoms with Crippen LogP contribution in [0, 0.1) is 11.7 Å². The third-order valence-electron chi connectivity index (χ3n) is 5.47. The van der Waals surface area contributed by atoms with Gasteiger partial charge in [-0.2, -0.15) is 0 Å². The van der Waals surface area contributed by atoms with Crippen molar-refractivity contribution in [2.24, 2.45) is 5.92 Å². The third-order valence-corrected chi connectivity index (χ3v) is 5.76. The lowest BCUT2D eigenvalue weighted by molar-refractivity contribution is 0.0633. The molecule has 4 rings (SSSR count). The van der Waals surface area contributed by atoms with Crippen LogP contribution < -0.4 is 10.1 Å². The Kier molecular flexibility index (Phi) is 6.23. The van der Waals surface area contributed by atoms with E-state index >= 15 is 0 Å². The van der Waals surface area contributed by atoms with Gasteiger partial charge in [-0.1, -0.05) is 17.7 Å². The zero-order chi connectivity index (χ0) is 21.1. The summed E-state index contributed by atoms with van der Waals surface area (Å²) in [5, 5.41) is 2.92. The molecule has 0 radical (unpaired) electrons. The number of hydrogen-bond donors (Lipinski definition) is 1. The predicted molar refractivity (Wildman–Crippen MR) is 112 cm³/mol. The van der Waals surface area contributed by atoms with Crippen molar-refractivity contribution in [1.82, 2.24) is 10.2 Å². The first-order valence-corrected chi connectivity index (χ1v) is 10.7. The van der Waals surface area contributed by atoms with Gasteiger partial charge in [0.1, 0.15) is 11.6 Å². The first kappa shape index (κ1) is 20.7. The molecule has 2 aromatic carbocycles. The van der Waals surface area contributed by atoms with Crippen molar-refractivity contribution in [2.45, 2.75) is 31.7 Å². The highest BCUT2D eigenvalue weighted by Gasteiger charge is 2.26. The molecule has 1 aliphatic heterocycles. The summed E-state index contributed by atoms with van der Waals surface area (Å²) in [4.78, 5) is 26.7. The van der Waals surface area contributed by atoms with Crippen LogP contribution in [0.25, 0.3) is 0 Å². The number of benzene rings is 2. The largest absolute Gasteiger partial charge is 0.493 e. The molecular weight excluding hydrogens is 407 g/mol. The average molecular weight is 431 g/mol. The van der Waals surface area contributed by atoms with Crippen LogP contribution in [0.1, 0.15) is 46.4 Å². The molecule has 30 heavy (non-hydrogen) atoms. The fraction of sp³-hybridized carbons (Fsp3) is 0.391. The number of nitrogens with one attached hydrogen (secondary N) is 1. The standard InChI is InChI=1S/C23H24ClFN2O3/c24-20-12-17(6-9-21(20)25)23(29)27-10-2-3-15(13-27)14-30-19-5-1-4-16(11-19)22(28)26-18-7-8-18/h1,4-6,9,11-12,15,18H,2-3,7-8,10,13-14H2,(H,26,28). The van der Waals surface area contributed by atoms with Crippen molar-refractivity contribution in [3.63, 3.8) is 0 Å². The van der Waals surface area contributed by atoms with Crippen LogP contribution in [0.5, 0.6) is 5.75 Å². The Hall–Kier alpha value is -2.60. The molecule has 5 nitrogen and oxygen atoms in total. The van der Waals surface area contributed by atoms with Crippen molar-refractivity contribution in [2.75, 3.05) is 19.7 Å². The number of ether oxygens (including phenoxy) is 1. The van der Waals surface area contributed by atoms with Gasteiger partial charge in [-0.05, 0) is 62.1 Å². The van der Waals surface area contributed by atoms with Crippen LogP contribution in [-0.4, -0.2) is 42.5 Å². The molecule has 2 aromatic rings. The highest BCUT2D eigenvalue weighted by molar-refractivity contribution is 6.31. The summed E-state index contributed by atoms with van der Waals surface area (Å²) < 4.78 is 19.3. The molecular formula is C23H24ClFN2O3. The molecule has 1 saturated heterocycles. The van der Waals surface area contributed by atoms with Gasteiger partial charge in [-0.3, -0.25) is 9.59 Å². The normalized spacial score (nSPS) is 18.7. The zero-order valence-electron chi connectivity index (χ0n) is 16.6. The monoisotopic (exact) mass is 430 g/mol. The topological polar surface area (TPSA) is 58.6 Å². The molecule has 0 spiro atoms. The van der Waals surface area contributed by atoms with Crippen LogP contribution in [-0.2, 0) is 0 Å². The fourth-order valence-corrected chi connectivity index (χ4v) is 3.82. The molecule has 7 heteroatoms. The zero-order valence-corrected chi connectivity index (χ0v) is 17.3. The lowest BCUT2D eigenvalue weighted by atomic mass is 9.98. The first-order chi connectivity index (χ1) is 14.5. The van der Waals surface area contributed by atoms with Crippen molar-refractivity contribution < 1.29 is 18.7 Å². The second kappa shape index (κ2) is 9.04. The number of carbonyl (C=O) groups is 2. The van der Waals surface area contributed by atoms with Crippen LogP contribution in [0.15, 0.2) is 42.5 Å². The lowest BCUT2D eigenvalue weighted by Gasteiger charge is -2.32. The second-order valence-corrected chi connectivity index (χ2v) is 8.38. The van der Waals surface area contributed by atoms with E-state index in [0.29, 0.717) is 42.6 Å². The molecule has 158 valence electrons. The summed E-state index contributed by atoms with van der Waals surface area (Å²) >= 11 is 5.82. The van der Waals surface area contributed by atoms with E-state index in [9.17, 15) is 14.0 Å². The molecule has 0 bridgehead atoms. The summed E-state index contributed by atoms with van der Waals surface area (Å²) in [7, 11) is 0. The maximum absolute atomic E-state index is 13.4. The predicted octanol–water partition coefficient (Wildman–Crippen LogP) is 4.30. The van der Waals surface area contributed by atoms with E-state index in [-0.39, 0.29) is 22.8 Å². The summed E-state index contributed by atoms with van der Waals surface area (Å²) in [5.74, 6) is 0.0663. The maximum atomic E-state index is 13.4. The number of rotatable bonds is 6. The number of carbonyl (C=O) groups excluding carboxylic acids is 2. The van der Waals surface area contributed by atoms with E-state index in [4.69, 9.17) is 16.3 Å². The van der Waals surface area contributed by atoms with Crippen molar-refractivity contribution >= 4 is 23.4 Å². The minimum absolute atomic E-state index is 0.0525. The molecule has 2 amide bonds. The van der Waals surface area contributed by atoms with Crippen LogP contribution in [0.4, 0.5) is 4.39 Å². The highest BCUT2D eigenvalue weighted by Crippen LogP contribution is 2.24. The second-order valence-electron chi connectivity index (χ2n) is 7.97. The smallest absolute Gasteiger partial charge is 0.253 e. The Balaban J connectivity index is 1.33. The molecule has 2 fully saturated rings. The van der Waals surface area contributed by atoms with E-state index in [2.05, 4.69) is 5.32 Å². The van der Waals surface area contributed by atoms with E-state index in [1.165, 1.54) is 18.2 Å². The number of nitrogens with zero attached hydrogens (tertiary/aromatic N) is 1.